The summed E-state index contributed by atoms with van der Waals surface area (Å²) in [5, 5.41) is 0. The van der Waals surface area contributed by atoms with Crippen molar-refractivity contribution in [3.63, 3.8) is 0 Å². The van der Waals surface area contributed by atoms with E-state index in [2.05, 4.69) is 0 Å². The predicted octanol–water partition coefficient (Wildman–Crippen LogP) is 3.90. The molecule has 0 spiro atoms. The number of hydrogen-bond donors (Lipinski definition) is 0. The number of benzene rings is 2. The number of Topliss-reactive ketones (excluding diaryl/α,β-unsaturated/α-hetero) is 1. The van der Waals surface area contributed by atoms with Crippen LogP contribution < -0.4 is 0 Å². The normalized spacial score (nSPS) is 13.9. The molecule has 2 aromatic carbocycles. The fraction of sp³-hybridized carbons (Fsp3) is 0.133. The molecule has 3 heteroatoms. The van der Waals surface area contributed by atoms with E-state index in [1.54, 1.807) is 12.1 Å². The Hall–Kier alpha value is -1.67. The first-order chi connectivity index (χ1) is 8.55. The highest BCUT2D eigenvalue weighted by molar-refractivity contribution is 6.37. The van der Waals surface area contributed by atoms with Crippen LogP contribution in [0.4, 0.5) is 4.39 Å². The molecule has 1 atom stereocenters. The third-order valence-corrected chi connectivity index (χ3v) is 3.60. The average molecular weight is 263 g/mol. The van der Waals surface area contributed by atoms with Gasteiger partial charge < -0.3 is 0 Å². The first-order valence-electron chi connectivity index (χ1n) is 5.56. The lowest BCUT2D eigenvalue weighted by Crippen LogP contribution is -2.29. The molecule has 0 fully saturated rings. The minimum Gasteiger partial charge on any atom is -0.297 e. The van der Waals surface area contributed by atoms with Crippen LogP contribution in [-0.4, -0.2) is 5.78 Å². The van der Waals surface area contributed by atoms with Crippen molar-refractivity contribution in [2.24, 2.45) is 0 Å². The molecule has 0 saturated carbocycles. The van der Waals surface area contributed by atoms with Gasteiger partial charge in [0.25, 0.3) is 0 Å². The van der Waals surface area contributed by atoms with Gasteiger partial charge in [0, 0.05) is 0 Å². The monoisotopic (exact) mass is 262 g/mol. The zero-order valence-electron chi connectivity index (χ0n) is 9.86. The van der Waals surface area contributed by atoms with E-state index in [-0.39, 0.29) is 11.6 Å². The molecule has 1 nitrogen and oxygen atoms in total. The molecular weight excluding hydrogens is 251 g/mol. The smallest absolute Gasteiger partial charge is 0.159 e. The lowest BCUT2D eigenvalue weighted by atomic mass is 9.87. The first-order valence-corrected chi connectivity index (χ1v) is 5.94. The van der Waals surface area contributed by atoms with E-state index in [1.807, 2.05) is 18.2 Å². The molecule has 0 aliphatic carbocycles. The summed E-state index contributed by atoms with van der Waals surface area (Å²) >= 11 is 6.51. The Bertz CT molecular complexity index is 550. The van der Waals surface area contributed by atoms with Gasteiger partial charge in [-0.3, -0.25) is 4.79 Å². The molecule has 0 N–H and O–H groups in total. The maximum absolute atomic E-state index is 13.0. The highest BCUT2D eigenvalue weighted by Crippen LogP contribution is 2.37. The van der Waals surface area contributed by atoms with Crippen molar-refractivity contribution in [1.82, 2.24) is 0 Å². The van der Waals surface area contributed by atoms with E-state index in [9.17, 15) is 9.18 Å². The van der Waals surface area contributed by atoms with E-state index < -0.39 is 4.87 Å². The van der Waals surface area contributed by atoms with Crippen LogP contribution in [0.3, 0.4) is 0 Å². The van der Waals surface area contributed by atoms with E-state index in [4.69, 9.17) is 11.6 Å². The molecule has 0 bridgehead atoms. The van der Waals surface area contributed by atoms with Crippen LogP contribution in [0.1, 0.15) is 18.1 Å². The fourth-order valence-electron chi connectivity index (χ4n) is 1.92. The first kappa shape index (κ1) is 12.8. The van der Waals surface area contributed by atoms with Crippen molar-refractivity contribution in [3.8, 4) is 0 Å². The lowest BCUT2D eigenvalue weighted by molar-refractivity contribution is -0.118. The highest BCUT2D eigenvalue weighted by Gasteiger charge is 2.36. The van der Waals surface area contributed by atoms with Crippen molar-refractivity contribution < 1.29 is 9.18 Å². The summed E-state index contributed by atoms with van der Waals surface area (Å²) in [6, 6.07) is 14.8. The Kier molecular flexibility index (Phi) is 3.48. The summed E-state index contributed by atoms with van der Waals surface area (Å²) < 4.78 is 13.0. The number of rotatable bonds is 3. The van der Waals surface area contributed by atoms with Crippen LogP contribution in [0.25, 0.3) is 0 Å². The summed E-state index contributed by atoms with van der Waals surface area (Å²) in [5.41, 5.74) is 1.26. The van der Waals surface area contributed by atoms with E-state index in [0.717, 1.165) is 0 Å². The summed E-state index contributed by atoms with van der Waals surface area (Å²) in [4.78, 5) is 10.7. The van der Waals surface area contributed by atoms with Crippen LogP contribution in [0, 0.1) is 5.82 Å². The lowest BCUT2D eigenvalue weighted by Gasteiger charge is -2.25. The van der Waals surface area contributed by atoms with E-state index in [0.29, 0.717) is 11.1 Å². The summed E-state index contributed by atoms with van der Waals surface area (Å²) in [6.07, 6.45) is 0. The van der Waals surface area contributed by atoms with Crippen LogP contribution in [0.5, 0.6) is 0 Å². The largest absolute Gasteiger partial charge is 0.297 e. The second kappa shape index (κ2) is 4.91. The molecule has 0 aromatic heterocycles. The standard InChI is InChI=1S/C15H12ClFO/c1-11(18)15(16,12-5-3-2-4-6-12)13-7-9-14(17)10-8-13/h2-10H,1H3. The number of carbonyl (C=O) groups is 1. The number of carbonyl (C=O) groups excluding carboxylic acids is 1. The van der Waals surface area contributed by atoms with Gasteiger partial charge in [-0.2, -0.15) is 0 Å². The highest BCUT2D eigenvalue weighted by atomic mass is 35.5. The van der Waals surface area contributed by atoms with E-state index >= 15 is 0 Å². The Morgan fingerprint density at radius 3 is 2.00 bits per heavy atom. The minimum absolute atomic E-state index is 0.193. The predicted molar refractivity (Wildman–Crippen MR) is 70.2 cm³/mol. The SMILES string of the molecule is CC(=O)C(Cl)(c1ccccc1)c1ccc(F)cc1. The van der Waals surface area contributed by atoms with E-state index in [1.165, 1.54) is 31.2 Å². The van der Waals surface area contributed by atoms with Crippen LogP contribution in [0.15, 0.2) is 54.6 Å². The van der Waals surface area contributed by atoms with Gasteiger partial charge in [-0.1, -0.05) is 42.5 Å². The summed E-state index contributed by atoms with van der Waals surface area (Å²) in [7, 11) is 0. The van der Waals surface area contributed by atoms with Gasteiger partial charge in [-0.15, -0.1) is 11.6 Å². The molecule has 18 heavy (non-hydrogen) atoms. The molecule has 0 amide bonds. The van der Waals surface area contributed by atoms with Gasteiger partial charge in [-0.25, -0.2) is 4.39 Å². The summed E-state index contributed by atoms with van der Waals surface area (Å²) in [6.45, 7) is 1.43. The molecule has 0 radical (unpaired) electrons. The molecule has 1 unspecified atom stereocenters. The zero-order chi connectivity index (χ0) is 13.2. The van der Waals surface area contributed by atoms with Gasteiger partial charge >= 0.3 is 0 Å². The van der Waals surface area contributed by atoms with Crippen molar-refractivity contribution in [3.05, 3.63) is 71.5 Å². The molecule has 92 valence electrons. The average Bonchev–Trinajstić information content (AvgIpc) is 2.39. The quantitative estimate of drug-likeness (QED) is 0.767. The molecule has 0 heterocycles. The zero-order valence-corrected chi connectivity index (χ0v) is 10.6. The van der Waals surface area contributed by atoms with Crippen molar-refractivity contribution in [1.29, 1.82) is 0 Å². The second-order valence-electron chi connectivity index (χ2n) is 4.09. The molecule has 0 saturated heterocycles. The van der Waals surface area contributed by atoms with Gasteiger partial charge in [0.1, 0.15) is 5.82 Å². The Morgan fingerprint density at radius 2 is 1.50 bits per heavy atom. The molecule has 2 aromatic rings. The molecule has 0 aliphatic rings. The number of alkyl halides is 1. The topological polar surface area (TPSA) is 17.1 Å². The van der Waals surface area contributed by atoms with Crippen molar-refractivity contribution >= 4 is 17.4 Å². The second-order valence-corrected chi connectivity index (χ2v) is 4.65. The van der Waals surface area contributed by atoms with Gasteiger partial charge in [0.15, 0.2) is 10.7 Å². The molecule has 0 aliphatic heterocycles. The third kappa shape index (κ3) is 2.16. The van der Waals surface area contributed by atoms with Crippen molar-refractivity contribution in [2.75, 3.05) is 0 Å². The molecule has 2 rings (SSSR count). The number of hydrogen-bond acceptors (Lipinski definition) is 1. The number of halogens is 2. The van der Waals surface area contributed by atoms with Gasteiger partial charge in [-0.05, 0) is 30.2 Å². The Balaban J connectivity index is 2.58. The van der Waals surface area contributed by atoms with Gasteiger partial charge in [0.2, 0.25) is 0 Å². The molecular formula is C15H12ClFO. The maximum Gasteiger partial charge on any atom is 0.159 e. The minimum atomic E-state index is -1.25. The van der Waals surface area contributed by atoms with Crippen LogP contribution in [-0.2, 0) is 9.67 Å². The van der Waals surface area contributed by atoms with Crippen LogP contribution in [0.2, 0.25) is 0 Å². The van der Waals surface area contributed by atoms with Crippen molar-refractivity contribution in [2.45, 2.75) is 11.8 Å². The fourth-order valence-corrected chi connectivity index (χ4v) is 2.17. The Labute approximate surface area is 110 Å². The van der Waals surface area contributed by atoms with Gasteiger partial charge in [0.05, 0.1) is 0 Å². The summed E-state index contributed by atoms with van der Waals surface area (Å²) in [5.74, 6) is -0.545. The number of ketones is 1. The Morgan fingerprint density at radius 1 is 1.00 bits per heavy atom. The maximum atomic E-state index is 13.0. The third-order valence-electron chi connectivity index (χ3n) is 2.90. The van der Waals surface area contributed by atoms with Crippen LogP contribution >= 0.6 is 11.6 Å².